The zero-order valence-corrected chi connectivity index (χ0v) is 17.8. The number of hydrogen-bond donors (Lipinski definition) is 0. The average molecular weight is 418 g/mol. The van der Waals surface area contributed by atoms with Crippen LogP contribution in [0.5, 0.6) is 0 Å². The molecule has 160 valence electrons. The fourth-order valence-electron chi connectivity index (χ4n) is 5.78. The summed E-state index contributed by atoms with van der Waals surface area (Å²) in [6.07, 6.45) is 4.03. The summed E-state index contributed by atoms with van der Waals surface area (Å²) < 4.78 is 5.31. The second-order valence-electron chi connectivity index (χ2n) is 8.81. The van der Waals surface area contributed by atoms with Crippen LogP contribution in [0, 0.1) is 11.8 Å². The van der Waals surface area contributed by atoms with E-state index < -0.39 is 17.8 Å². The molecule has 5 heteroatoms. The van der Waals surface area contributed by atoms with Crippen molar-refractivity contribution in [1.82, 2.24) is 4.90 Å². The first kappa shape index (κ1) is 20.0. The van der Waals surface area contributed by atoms with Crippen LogP contribution in [0.25, 0.3) is 0 Å². The molecule has 1 saturated heterocycles. The SMILES string of the molecule is CCCCCCOC(=O)CN1C(=O)C2C3c4ccccc4C(c4ccccc43)C2C1=O. The van der Waals surface area contributed by atoms with Crippen LogP contribution >= 0.6 is 0 Å². The Bertz CT molecular complexity index is 930. The minimum Gasteiger partial charge on any atom is -0.464 e. The van der Waals surface area contributed by atoms with E-state index in [0.717, 1.165) is 52.8 Å². The lowest BCUT2D eigenvalue weighted by Crippen LogP contribution is -2.41. The Hall–Kier alpha value is -2.95. The Morgan fingerprint density at radius 3 is 1.74 bits per heavy atom. The average Bonchev–Trinajstić information content (AvgIpc) is 3.04. The Morgan fingerprint density at radius 1 is 0.806 bits per heavy atom. The fraction of sp³-hybridized carbons (Fsp3) is 0.423. The second-order valence-corrected chi connectivity index (χ2v) is 8.81. The molecule has 4 aliphatic rings. The van der Waals surface area contributed by atoms with Gasteiger partial charge in [0.2, 0.25) is 11.8 Å². The van der Waals surface area contributed by atoms with Gasteiger partial charge in [0.15, 0.2) is 0 Å². The molecule has 1 fully saturated rings. The lowest BCUT2D eigenvalue weighted by Gasteiger charge is -2.45. The maximum absolute atomic E-state index is 13.4. The Balaban J connectivity index is 1.40. The van der Waals surface area contributed by atoms with Crippen LogP contribution in [0.4, 0.5) is 0 Å². The molecule has 1 heterocycles. The van der Waals surface area contributed by atoms with Gasteiger partial charge in [-0.3, -0.25) is 19.3 Å². The van der Waals surface area contributed by atoms with Gasteiger partial charge in [-0.2, -0.15) is 0 Å². The predicted octanol–water partition coefficient (Wildman–Crippen LogP) is 4.00. The number of carbonyl (C=O) groups is 3. The monoisotopic (exact) mass is 417 g/mol. The summed E-state index contributed by atoms with van der Waals surface area (Å²) in [5, 5.41) is 0. The summed E-state index contributed by atoms with van der Waals surface area (Å²) in [6.45, 7) is 2.17. The first-order chi connectivity index (χ1) is 15.1. The van der Waals surface area contributed by atoms with Gasteiger partial charge in [0, 0.05) is 11.8 Å². The van der Waals surface area contributed by atoms with Crippen LogP contribution in [0.15, 0.2) is 48.5 Å². The highest BCUT2D eigenvalue weighted by molar-refractivity contribution is 6.09. The van der Waals surface area contributed by atoms with E-state index in [1.807, 2.05) is 24.3 Å². The van der Waals surface area contributed by atoms with Crippen LogP contribution in [0.3, 0.4) is 0 Å². The molecule has 2 atom stereocenters. The van der Waals surface area contributed by atoms with Crippen LogP contribution in [0.1, 0.15) is 66.7 Å². The Labute approximate surface area is 182 Å². The molecule has 0 aromatic heterocycles. The highest BCUT2D eigenvalue weighted by atomic mass is 16.5. The largest absolute Gasteiger partial charge is 0.464 e. The van der Waals surface area contributed by atoms with Crippen molar-refractivity contribution in [3.05, 3.63) is 70.8 Å². The number of amides is 2. The van der Waals surface area contributed by atoms with Gasteiger partial charge in [-0.1, -0.05) is 74.7 Å². The topological polar surface area (TPSA) is 63.7 Å². The van der Waals surface area contributed by atoms with E-state index in [1.54, 1.807) is 0 Å². The Kier molecular flexibility index (Phi) is 5.12. The molecular formula is C26H27NO4. The molecule has 31 heavy (non-hydrogen) atoms. The van der Waals surface area contributed by atoms with E-state index in [9.17, 15) is 14.4 Å². The third kappa shape index (κ3) is 3.10. The number of hydrogen-bond acceptors (Lipinski definition) is 4. The van der Waals surface area contributed by atoms with Crippen molar-refractivity contribution in [2.45, 2.75) is 44.4 Å². The third-order valence-electron chi connectivity index (χ3n) is 7.09. The summed E-state index contributed by atoms with van der Waals surface area (Å²) in [7, 11) is 0. The maximum Gasteiger partial charge on any atom is 0.326 e. The molecule has 2 unspecified atom stereocenters. The smallest absolute Gasteiger partial charge is 0.326 e. The van der Waals surface area contributed by atoms with Crippen molar-refractivity contribution in [2.24, 2.45) is 11.8 Å². The lowest BCUT2D eigenvalue weighted by atomic mass is 9.55. The maximum atomic E-state index is 13.4. The number of benzene rings is 2. The molecule has 0 spiro atoms. The molecule has 6 rings (SSSR count). The number of likely N-dealkylation sites (tertiary alicyclic amines) is 1. The van der Waals surface area contributed by atoms with Gasteiger partial charge in [0.25, 0.3) is 0 Å². The first-order valence-electron chi connectivity index (χ1n) is 11.3. The quantitative estimate of drug-likeness (QED) is 0.388. The standard InChI is InChI=1S/C26H27NO4/c1-2-3-4-9-14-31-20(28)15-27-25(29)23-21-16-10-5-6-11-17(16)22(24(23)26(27)30)19-13-8-7-12-18(19)21/h5-8,10-13,21-24H,2-4,9,14-15H2,1H3. The first-order valence-corrected chi connectivity index (χ1v) is 11.3. The number of ether oxygens (including phenoxy) is 1. The molecule has 2 bridgehead atoms. The minimum absolute atomic E-state index is 0.145. The van der Waals surface area contributed by atoms with Crippen LogP contribution in [0.2, 0.25) is 0 Å². The number of carbonyl (C=O) groups excluding carboxylic acids is 3. The molecule has 1 aliphatic heterocycles. The zero-order chi connectivity index (χ0) is 21.5. The van der Waals surface area contributed by atoms with Gasteiger partial charge in [0.1, 0.15) is 6.54 Å². The normalized spacial score (nSPS) is 25.3. The molecule has 5 nitrogen and oxygen atoms in total. The van der Waals surface area contributed by atoms with E-state index in [4.69, 9.17) is 4.74 Å². The summed E-state index contributed by atoms with van der Waals surface area (Å²) >= 11 is 0. The molecule has 0 saturated carbocycles. The molecule has 0 radical (unpaired) electrons. The lowest BCUT2D eigenvalue weighted by molar-refractivity contribution is -0.153. The molecule has 2 amide bonds. The van der Waals surface area contributed by atoms with Gasteiger partial charge in [-0.25, -0.2) is 0 Å². The molecule has 2 aromatic carbocycles. The van der Waals surface area contributed by atoms with E-state index in [0.29, 0.717) is 6.61 Å². The van der Waals surface area contributed by atoms with Crippen molar-refractivity contribution in [3.8, 4) is 0 Å². The van der Waals surface area contributed by atoms with Gasteiger partial charge in [0.05, 0.1) is 18.4 Å². The second kappa shape index (κ2) is 7.95. The number of esters is 1. The van der Waals surface area contributed by atoms with Crippen molar-refractivity contribution in [3.63, 3.8) is 0 Å². The van der Waals surface area contributed by atoms with Crippen molar-refractivity contribution >= 4 is 17.8 Å². The van der Waals surface area contributed by atoms with Crippen molar-refractivity contribution in [1.29, 1.82) is 0 Å². The summed E-state index contributed by atoms with van der Waals surface area (Å²) in [6, 6.07) is 16.3. The molecule has 0 N–H and O–H groups in total. The van der Waals surface area contributed by atoms with Crippen molar-refractivity contribution in [2.75, 3.05) is 13.2 Å². The number of imide groups is 1. The molecule has 2 aromatic rings. The van der Waals surface area contributed by atoms with E-state index in [1.165, 1.54) is 0 Å². The zero-order valence-electron chi connectivity index (χ0n) is 17.8. The predicted molar refractivity (Wildman–Crippen MR) is 115 cm³/mol. The molecular weight excluding hydrogens is 390 g/mol. The summed E-state index contributed by atoms with van der Waals surface area (Å²) in [4.78, 5) is 40.3. The third-order valence-corrected chi connectivity index (χ3v) is 7.09. The Morgan fingerprint density at radius 2 is 1.29 bits per heavy atom. The number of unbranched alkanes of at least 4 members (excludes halogenated alkanes) is 3. The highest BCUT2D eigenvalue weighted by Crippen LogP contribution is 2.60. The highest BCUT2D eigenvalue weighted by Gasteiger charge is 2.61. The van der Waals surface area contributed by atoms with Gasteiger partial charge in [-0.05, 0) is 28.7 Å². The number of rotatable bonds is 7. The summed E-state index contributed by atoms with van der Waals surface area (Å²) in [5.74, 6) is -2.16. The van der Waals surface area contributed by atoms with Gasteiger partial charge < -0.3 is 4.74 Å². The minimum atomic E-state index is -0.501. The number of nitrogens with zero attached hydrogens (tertiary/aromatic N) is 1. The van der Waals surface area contributed by atoms with E-state index in [2.05, 4.69) is 31.2 Å². The molecule has 3 aliphatic carbocycles. The van der Waals surface area contributed by atoms with Gasteiger partial charge in [-0.15, -0.1) is 0 Å². The van der Waals surface area contributed by atoms with E-state index >= 15 is 0 Å². The van der Waals surface area contributed by atoms with E-state index in [-0.39, 0.29) is 30.2 Å². The van der Waals surface area contributed by atoms with Gasteiger partial charge >= 0.3 is 5.97 Å². The fourth-order valence-corrected chi connectivity index (χ4v) is 5.78. The van der Waals surface area contributed by atoms with Crippen LogP contribution in [-0.4, -0.2) is 35.8 Å². The summed E-state index contributed by atoms with van der Waals surface area (Å²) in [5.41, 5.74) is 4.53. The van der Waals surface area contributed by atoms with Crippen LogP contribution < -0.4 is 0 Å². The van der Waals surface area contributed by atoms with Crippen LogP contribution in [-0.2, 0) is 19.1 Å². The van der Waals surface area contributed by atoms with Crippen molar-refractivity contribution < 1.29 is 19.1 Å².